The monoisotopic (exact) mass is 524 g/mol. The summed E-state index contributed by atoms with van der Waals surface area (Å²) < 4.78 is 49.6. The Morgan fingerprint density at radius 1 is 1.03 bits per heavy atom. The van der Waals surface area contributed by atoms with Gasteiger partial charge in [-0.05, 0) is 76.1 Å². The number of anilines is 1. The molecule has 198 valence electrons. The highest BCUT2D eigenvalue weighted by Crippen LogP contribution is 2.31. The summed E-state index contributed by atoms with van der Waals surface area (Å²) in [5.41, 5.74) is -0.445. The second-order valence-corrected chi connectivity index (χ2v) is 9.79. The lowest BCUT2D eigenvalue weighted by Gasteiger charge is -2.19. The average molecular weight is 525 g/mol. The molecule has 2 aromatic heterocycles. The van der Waals surface area contributed by atoms with E-state index in [0.29, 0.717) is 28.6 Å². The Bertz CT molecular complexity index is 1560. The summed E-state index contributed by atoms with van der Waals surface area (Å²) in [6.45, 7) is 7.32. The number of pyridine rings is 1. The number of nitrogens with one attached hydrogen (secondary N) is 1. The number of aryl methyl sites for hydroxylation is 1. The largest absolute Gasteiger partial charge is 0.460 e. The van der Waals surface area contributed by atoms with Gasteiger partial charge in [-0.1, -0.05) is 6.07 Å². The maximum Gasteiger partial charge on any atom is 0.306 e. The van der Waals surface area contributed by atoms with E-state index in [1.807, 2.05) is 0 Å². The lowest BCUT2D eigenvalue weighted by molar-refractivity contribution is -0.154. The Balaban J connectivity index is 1.82. The number of carbonyl (C=O) groups excluding carboxylic acids is 1. The van der Waals surface area contributed by atoms with Crippen LogP contribution in [0.2, 0.25) is 0 Å². The van der Waals surface area contributed by atoms with Crippen molar-refractivity contribution in [3.05, 3.63) is 81.9 Å². The number of hydrogen-bond acceptors (Lipinski definition) is 6. The van der Waals surface area contributed by atoms with Crippen LogP contribution in [0.5, 0.6) is 0 Å². The van der Waals surface area contributed by atoms with Gasteiger partial charge in [0, 0.05) is 30.0 Å². The van der Waals surface area contributed by atoms with Gasteiger partial charge in [0.2, 0.25) is 5.95 Å². The number of rotatable bonds is 7. The van der Waals surface area contributed by atoms with E-state index in [1.165, 1.54) is 36.4 Å². The molecule has 0 bridgehead atoms. The molecule has 0 atom stereocenters. The van der Waals surface area contributed by atoms with E-state index in [9.17, 15) is 22.8 Å². The summed E-state index contributed by atoms with van der Waals surface area (Å²) in [5.74, 6) is -2.61. The zero-order valence-electron chi connectivity index (χ0n) is 21.4. The van der Waals surface area contributed by atoms with Crippen LogP contribution in [-0.4, -0.2) is 32.7 Å². The Labute approximate surface area is 217 Å². The van der Waals surface area contributed by atoms with Gasteiger partial charge in [-0.15, -0.1) is 0 Å². The van der Waals surface area contributed by atoms with Gasteiger partial charge in [0.05, 0.1) is 5.69 Å². The van der Waals surface area contributed by atoms with Gasteiger partial charge in [0.25, 0.3) is 5.56 Å². The lowest BCUT2D eigenvalue weighted by atomic mass is 10.0. The van der Waals surface area contributed by atoms with Gasteiger partial charge < -0.3 is 10.1 Å². The first-order chi connectivity index (χ1) is 17.9. The first-order valence-electron chi connectivity index (χ1n) is 12.0. The third kappa shape index (κ3) is 5.85. The fourth-order valence-corrected chi connectivity index (χ4v) is 4.04. The van der Waals surface area contributed by atoms with Crippen molar-refractivity contribution in [3.63, 3.8) is 0 Å². The van der Waals surface area contributed by atoms with Crippen molar-refractivity contribution in [1.82, 2.24) is 14.5 Å². The highest BCUT2D eigenvalue weighted by Gasteiger charge is 2.21. The molecule has 0 aliphatic heterocycles. The summed E-state index contributed by atoms with van der Waals surface area (Å²) in [6, 6.07) is 10.1. The summed E-state index contributed by atoms with van der Waals surface area (Å²) in [4.78, 5) is 33.9. The molecule has 4 rings (SSSR count). The zero-order valence-corrected chi connectivity index (χ0v) is 21.4. The molecule has 0 saturated carbocycles. The predicted molar refractivity (Wildman–Crippen MR) is 139 cm³/mol. The molecule has 0 amide bonds. The van der Waals surface area contributed by atoms with Crippen LogP contribution in [0.4, 0.5) is 19.1 Å². The summed E-state index contributed by atoms with van der Waals surface area (Å²) in [6.07, 6.45) is 0.539. The van der Waals surface area contributed by atoms with Gasteiger partial charge >= 0.3 is 5.97 Å². The van der Waals surface area contributed by atoms with Crippen LogP contribution < -0.4 is 10.9 Å². The number of benzene rings is 2. The van der Waals surface area contributed by atoms with E-state index in [2.05, 4.69) is 15.3 Å². The van der Waals surface area contributed by atoms with Gasteiger partial charge in [-0.25, -0.2) is 18.2 Å². The van der Waals surface area contributed by atoms with Crippen LogP contribution in [0, 0.1) is 24.4 Å². The first kappa shape index (κ1) is 26.8. The van der Waals surface area contributed by atoms with E-state index >= 15 is 0 Å². The summed E-state index contributed by atoms with van der Waals surface area (Å²) >= 11 is 0. The van der Waals surface area contributed by atoms with E-state index in [-0.39, 0.29) is 30.5 Å². The van der Waals surface area contributed by atoms with Crippen molar-refractivity contribution in [2.24, 2.45) is 0 Å². The molecule has 2 heterocycles. The molecule has 7 nitrogen and oxygen atoms in total. The number of nitrogens with zero attached hydrogens (tertiary/aromatic N) is 3. The fraction of sp³-hybridized carbons (Fsp3) is 0.286. The number of fused-ring (bicyclic) bond motifs is 1. The number of hydrogen-bond donors (Lipinski definition) is 1. The van der Waals surface area contributed by atoms with Crippen molar-refractivity contribution in [2.75, 3.05) is 11.9 Å². The summed E-state index contributed by atoms with van der Waals surface area (Å²) in [5, 5.41) is 3.35. The van der Waals surface area contributed by atoms with Gasteiger partial charge in [0.1, 0.15) is 28.7 Å². The maximum atomic E-state index is 14.8. The third-order valence-electron chi connectivity index (χ3n) is 5.62. The van der Waals surface area contributed by atoms with Gasteiger partial charge in [0.15, 0.2) is 5.65 Å². The third-order valence-corrected chi connectivity index (χ3v) is 5.62. The lowest BCUT2D eigenvalue weighted by Crippen LogP contribution is -2.24. The number of aromatic nitrogens is 3. The topological polar surface area (TPSA) is 86.1 Å². The molecule has 1 N–H and O–H groups in total. The molecule has 0 unspecified atom stereocenters. The second-order valence-electron chi connectivity index (χ2n) is 9.79. The van der Waals surface area contributed by atoms with Crippen molar-refractivity contribution in [3.8, 4) is 16.9 Å². The number of esters is 1. The SMILES string of the molecule is Cc1cc(F)ccc1-c1nc(NCCCC(=O)OC(C)(C)C)nc2c1ccc(=O)n2-c1c(F)cccc1F. The molecule has 0 saturated heterocycles. The normalized spacial score (nSPS) is 11.6. The van der Waals surface area contributed by atoms with Crippen LogP contribution in [-0.2, 0) is 9.53 Å². The molecule has 0 aliphatic rings. The Morgan fingerprint density at radius 3 is 2.39 bits per heavy atom. The zero-order chi connectivity index (χ0) is 27.6. The molecule has 38 heavy (non-hydrogen) atoms. The Kier molecular flexibility index (Phi) is 7.52. The minimum absolute atomic E-state index is 0.0372. The van der Waals surface area contributed by atoms with Crippen LogP contribution in [0.15, 0.2) is 53.3 Å². The molecule has 0 aliphatic carbocycles. The van der Waals surface area contributed by atoms with Crippen LogP contribution in [0.25, 0.3) is 28.0 Å². The molecule has 0 radical (unpaired) electrons. The molecule has 0 spiro atoms. The smallest absolute Gasteiger partial charge is 0.306 e. The summed E-state index contributed by atoms with van der Waals surface area (Å²) in [7, 11) is 0. The van der Waals surface area contributed by atoms with Crippen LogP contribution in [0.1, 0.15) is 39.2 Å². The number of carbonyl (C=O) groups is 1. The van der Waals surface area contributed by atoms with Gasteiger partial charge in [-0.3, -0.25) is 14.2 Å². The second kappa shape index (κ2) is 10.6. The van der Waals surface area contributed by atoms with Crippen LogP contribution >= 0.6 is 0 Å². The molecule has 4 aromatic rings. The molecule has 10 heteroatoms. The van der Waals surface area contributed by atoms with Crippen molar-refractivity contribution in [2.45, 2.75) is 46.1 Å². The van der Waals surface area contributed by atoms with Crippen LogP contribution in [0.3, 0.4) is 0 Å². The number of halogens is 3. The van der Waals surface area contributed by atoms with E-state index in [1.54, 1.807) is 27.7 Å². The van der Waals surface area contributed by atoms with Crippen molar-refractivity contribution in [1.29, 1.82) is 0 Å². The minimum atomic E-state index is -0.940. The first-order valence-corrected chi connectivity index (χ1v) is 12.0. The fourth-order valence-electron chi connectivity index (χ4n) is 4.04. The average Bonchev–Trinajstić information content (AvgIpc) is 2.81. The van der Waals surface area contributed by atoms with E-state index in [4.69, 9.17) is 4.74 Å². The molecule has 2 aromatic carbocycles. The molecular weight excluding hydrogens is 497 g/mol. The van der Waals surface area contributed by atoms with Gasteiger partial charge in [-0.2, -0.15) is 4.98 Å². The van der Waals surface area contributed by atoms with Crippen molar-refractivity contribution < 1.29 is 22.7 Å². The maximum absolute atomic E-state index is 14.8. The number of ether oxygens (including phenoxy) is 1. The Morgan fingerprint density at radius 2 is 1.74 bits per heavy atom. The predicted octanol–water partition coefficient (Wildman–Crippen LogP) is 5.71. The number of para-hydroxylation sites is 1. The molecule has 0 fully saturated rings. The quantitative estimate of drug-likeness (QED) is 0.246. The highest BCUT2D eigenvalue weighted by atomic mass is 19.1. The van der Waals surface area contributed by atoms with E-state index < -0.39 is 34.3 Å². The Hall–Kier alpha value is -4.21. The van der Waals surface area contributed by atoms with Crippen molar-refractivity contribution >= 4 is 23.0 Å². The minimum Gasteiger partial charge on any atom is -0.460 e. The molecular formula is C28H27F3N4O3. The van der Waals surface area contributed by atoms with E-state index in [0.717, 1.165) is 16.7 Å². The highest BCUT2D eigenvalue weighted by molar-refractivity contribution is 5.93. The standard InChI is InChI=1S/C28H27F3N4O3/c1-16-15-17(29)10-11-18(16)24-19-12-13-22(36)35(25-20(30)7-5-8-21(25)31)26(19)34-27(33-24)32-14-6-9-23(37)38-28(2,3)4/h5,7-8,10-13,15H,6,9,14H2,1-4H3,(H,32,33,34).